The van der Waals surface area contributed by atoms with Crippen LogP contribution in [0.25, 0.3) is 11.1 Å². The number of carbonyl (C=O) groups is 3. The molecule has 1 saturated heterocycles. The standard InChI is InChI=1S/C27H30N2O6/c30-25(28-12-16-6-5-11-17(16)26(31)32)23-13-34-15-24(23)29-27(33)35-14-22-20-9-3-1-7-18(20)19-8-2-4-10-21(19)22/h1-4,7-10,16-17,22-24H,5-6,11-15H2,(H,28,30)(H,29,33)(H,31,32)/t16-,17-,23?,24?/m0/s1. The molecule has 3 aliphatic rings. The molecule has 4 atom stereocenters. The number of amides is 2. The topological polar surface area (TPSA) is 114 Å². The SMILES string of the molecule is O=C(NC1COCC1C(=O)NC[C@@H]1CCC[C@@H]1C(=O)O)OCC1c2ccccc2-c2ccccc21. The van der Waals surface area contributed by atoms with Gasteiger partial charge in [-0.25, -0.2) is 4.79 Å². The lowest BCUT2D eigenvalue weighted by Gasteiger charge is -2.21. The highest BCUT2D eigenvalue weighted by atomic mass is 16.5. The summed E-state index contributed by atoms with van der Waals surface area (Å²) in [7, 11) is 0. The Morgan fingerprint density at radius 1 is 0.943 bits per heavy atom. The summed E-state index contributed by atoms with van der Waals surface area (Å²) in [5, 5.41) is 15.0. The maximum absolute atomic E-state index is 12.8. The van der Waals surface area contributed by atoms with Crippen molar-refractivity contribution in [2.45, 2.75) is 31.2 Å². The molecular formula is C27H30N2O6. The molecule has 2 unspecified atom stereocenters. The molecule has 5 rings (SSSR count). The summed E-state index contributed by atoms with van der Waals surface area (Å²) >= 11 is 0. The van der Waals surface area contributed by atoms with Gasteiger partial charge >= 0.3 is 12.1 Å². The minimum atomic E-state index is -0.805. The molecule has 0 aromatic heterocycles. The van der Waals surface area contributed by atoms with E-state index < -0.39 is 29.9 Å². The molecule has 8 heteroatoms. The minimum Gasteiger partial charge on any atom is -0.481 e. The number of carboxylic acid groups (broad SMARTS) is 1. The Hall–Kier alpha value is -3.39. The Morgan fingerprint density at radius 2 is 1.63 bits per heavy atom. The first-order valence-electron chi connectivity index (χ1n) is 12.2. The smallest absolute Gasteiger partial charge is 0.407 e. The Labute approximate surface area is 204 Å². The second-order valence-electron chi connectivity index (χ2n) is 9.60. The molecular weight excluding hydrogens is 448 g/mol. The summed E-state index contributed by atoms with van der Waals surface area (Å²) in [5.74, 6) is -2.10. The number of nitrogens with one attached hydrogen (secondary N) is 2. The first-order valence-corrected chi connectivity index (χ1v) is 12.2. The third kappa shape index (κ3) is 4.75. The van der Waals surface area contributed by atoms with Gasteiger partial charge < -0.3 is 25.2 Å². The number of carbonyl (C=O) groups excluding carboxylic acids is 2. The Morgan fingerprint density at radius 3 is 2.31 bits per heavy atom. The minimum absolute atomic E-state index is 0.0410. The number of aliphatic carboxylic acids is 1. The number of carboxylic acids is 1. The van der Waals surface area contributed by atoms with Crippen LogP contribution >= 0.6 is 0 Å². The molecule has 2 aromatic carbocycles. The highest BCUT2D eigenvalue weighted by Crippen LogP contribution is 2.44. The maximum Gasteiger partial charge on any atom is 0.407 e. The fourth-order valence-electron chi connectivity index (χ4n) is 5.72. The van der Waals surface area contributed by atoms with E-state index in [0.717, 1.165) is 35.1 Å². The summed E-state index contributed by atoms with van der Waals surface area (Å²) in [6.45, 7) is 0.948. The van der Waals surface area contributed by atoms with Gasteiger partial charge in [0.05, 0.1) is 31.1 Å². The van der Waals surface area contributed by atoms with Crippen LogP contribution in [-0.2, 0) is 19.1 Å². The van der Waals surface area contributed by atoms with Crippen molar-refractivity contribution in [1.82, 2.24) is 10.6 Å². The van der Waals surface area contributed by atoms with Crippen LogP contribution < -0.4 is 10.6 Å². The molecule has 2 aliphatic carbocycles. The predicted octanol–water partition coefficient (Wildman–Crippen LogP) is 3.16. The molecule has 1 aliphatic heterocycles. The lowest BCUT2D eigenvalue weighted by molar-refractivity contribution is -0.143. The summed E-state index contributed by atoms with van der Waals surface area (Å²) < 4.78 is 11.1. The molecule has 2 amide bonds. The van der Waals surface area contributed by atoms with E-state index in [2.05, 4.69) is 34.9 Å². The fraction of sp³-hybridized carbons (Fsp3) is 0.444. The highest BCUT2D eigenvalue weighted by molar-refractivity contribution is 5.81. The Kier molecular flexibility index (Phi) is 6.72. The zero-order valence-corrected chi connectivity index (χ0v) is 19.4. The average Bonchev–Trinajstić information content (AvgIpc) is 3.59. The first kappa shape index (κ1) is 23.4. The molecule has 0 spiro atoms. The van der Waals surface area contributed by atoms with Crippen molar-refractivity contribution in [3.8, 4) is 11.1 Å². The number of benzene rings is 2. The van der Waals surface area contributed by atoms with Gasteiger partial charge in [-0.2, -0.15) is 0 Å². The molecule has 2 aromatic rings. The zero-order valence-electron chi connectivity index (χ0n) is 19.4. The number of hydrogen-bond donors (Lipinski definition) is 3. The molecule has 35 heavy (non-hydrogen) atoms. The zero-order chi connectivity index (χ0) is 24.4. The van der Waals surface area contributed by atoms with Crippen molar-refractivity contribution < 1.29 is 29.0 Å². The second kappa shape index (κ2) is 10.1. The van der Waals surface area contributed by atoms with Crippen molar-refractivity contribution in [3.63, 3.8) is 0 Å². The van der Waals surface area contributed by atoms with Crippen molar-refractivity contribution >= 4 is 18.0 Å². The van der Waals surface area contributed by atoms with Gasteiger partial charge in [-0.05, 0) is 41.0 Å². The van der Waals surface area contributed by atoms with Crippen LogP contribution in [0.15, 0.2) is 48.5 Å². The molecule has 1 saturated carbocycles. The van der Waals surface area contributed by atoms with Gasteiger partial charge in [-0.3, -0.25) is 9.59 Å². The molecule has 0 bridgehead atoms. The van der Waals surface area contributed by atoms with E-state index >= 15 is 0 Å². The van der Waals surface area contributed by atoms with Crippen LogP contribution in [-0.4, -0.2) is 55.5 Å². The van der Waals surface area contributed by atoms with Gasteiger partial charge in [-0.1, -0.05) is 55.0 Å². The van der Waals surface area contributed by atoms with E-state index in [-0.39, 0.29) is 37.6 Å². The molecule has 2 fully saturated rings. The largest absolute Gasteiger partial charge is 0.481 e. The maximum atomic E-state index is 12.8. The normalized spacial score (nSPS) is 25.0. The van der Waals surface area contributed by atoms with E-state index in [1.165, 1.54) is 0 Å². The Balaban J connectivity index is 1.15. The summed E-state index contributed by atoms with van der Waals surface area (Å²) in [6.07, 6.45) is 1.71. The van der Waals surface area contributed by atoms with Crippen LogP contribution in [0.2, 0.25) is 0 Å². The monoisotopic (exact) mass is 478 g/mol. The van der Waals surface area contributed by atoms with Crippen LogP contribution in [0, 0.1) is 17.8 Å². The van der Waals surface area contributed by atoms with Gasteiger partial charge in [-0.15, -0.1) is 0 Å². The third-order valence-electron chi connectivity index (χ3n) is 7.58. The highest BCUT2D eigenvalue weighted by Gasteiger charge is 2.38. The molecule has 184 valence electrons. The summed E-state index contributed by atoms with van der Waals surface area (Å²) in [6, 6.07) is 15.8. The number of alkyl carbamates (subject to hydrolysis) is 1. The van der Waals surface area contributed by atoms with Gasteiger partial charge in [0, 0.05) is 12.5 Å². The van der Waals surface area contributed by atoms with Crippen molar-refractivity contribution in [2.75, 3.05) is 26.4 Å². The van der Waals surface area contributed by atoms with Crippen LogP contribution in [0.5, 0.6) is 0 Å². The molecule has 8 nitrogen and oxygen atoms in total. The van der Waals surface area contributed by atoms with E-state index in [0.29, 0.717) is 13.0 Å². The van der Waals surface area contributed by atoms with E-state index in [1.54, 1.807) is 0 Å². The van der Waals surface area contributed by atoms with Crippen molar-refractivity contribution in [1.29, 1.82) is 0 Å². The second-order valence-corrected chi connectivity index (χ2v) is 9.60. The number of hydrogen-bond acceptors (Lipinski definition) is 5. The fourth-order valence-corrected chi connectivity index (χ4v) is 5.72. The van der Waals surface area contributed by atoms with E-state index in [9.17, 15) is 19.5 Å². The van der Waals surface area contributed by atoms with E-state index in [4.69, 9.17) is 9.47 Å². The van der Waals surface area contributed by atoms with Crippen LogP contribution in [0.1, 0.15) is 36.3 Å². The molecule has 1 heterocycles. The summed E-state index contributed by atoms with van der Waals surface area (Å²) in [4.78, 5) is 36.8. The molecule has 0 radical (unpaired) electrons. The quantitative estimate of drug-likeness (QED) is 0.563. The van der Waals surface area contributed by atoms with Gasteiger partial charge in [0.2, 0.25) is 5.91 Å². The Bertz CT molecular complexity index is 1070. The van der Waals surface area contributed by atoms with Crippen molar-refractivity contribution in [2.24, 2.45) is 17.8 Å². The third-order valence-corrected chi connectivity index (χ3v) is 7.58. The number of ether oxygens (including phenoxy) is 2. The van der Waals surface area contributed by atoms with Crippen LogP contribution in [0.4, 0.5) is 4.79 Å². The first-order chi connectivity index (χ1) is 17.0. The number of rotatable bonds is 7. The summed E-state index contributed by atoms with van der Waals surface area (Å²) in [5.41, 5.74) is 4.58. The number of fused-ring (bicyclic) bond motifs is 3. The molecule has 3 N–H and O–H groups in total. The van der Waals surface area contributed by atoms with Crippen LogP contribution in [0.3, 0.4) is 0 Å². The van der Waals surface area contributed by atoms with Gasteiger partial charge in [0.15, 0.2) is 0 Å². The lowest BCUT2D eigenvalue weighted by Crippen LogP contribution is -2.47. The average molecular weight is 479 g/mol. The van der Waals surface area contributed by atoms with Gasteiger partial charge in [0.1, 0.15) is 6.61 Å². The predicted molar refractivity (Wildman–Crippen MR) is 128 cm³/mol. The van der Waals surface area contributed by atoms with E-state index in [1.807, 2.05) is 24.3 Å². The lowest BCUT2D eigenvalue weighted by atomic mass is 9.95. The van der Waals surface area contributed by atoms with Gasteiger partial charge in [0.25, 0.3) is 0 Å². The van der Waals surface area contributed by atoms with Crippen molar-refractivity contribution in [3.05, 3.63) is 59.7 Å².